The fraction of sp³-hybridized carbons (Fsp3) is 0.696. The number of rotatable bonds is 11. The van der Waals surface area contributed by atoms with E-state index in [0.717, 1.165) is 19.3 Å². The van der Waals surface area contributed by atoms with Crippen LogP contribution in [0.3, 0.4) is 0 Å². The van der Waals surface area contributed by atoms with Crippen molar-refractivity contribution in [1.29, 1.82) is 0 Å². The summed E-state index contributed by atoms with van der Waals surface area (Å²) >= 11 is 0. The van der Waals surface area contributed by atoms with Gasteiger partial charge in [-0.1, -0.05) is 64.0 Å². The second-order valence-electron chi connectivity index (χ2n) is 8.35. The summed E-state index contributed by atoms with van der Waals surface area (Å²) < 4.78 is 18.9. The zero-order valence-electron chi connectivity index (χ0n) is 17.7. The third-order valence-corrected chi connectivity index (χ3v) is 5.66. The van der Waals surface area contributed by atoms with E-state index in [0.29, 0.717) is 12.8 Å². The molecule has 0 unspecified atom stereocenters. The van der Waals surface area contributed by atoms with E-state index >= 15 is 0 Å². The van der Waals surface area contributed by atoms with Crippen LogP contribution in [0.1, 0.15) is 59.3 Å². The van der Waals surface area contributed by atoms with Crippen molar-refractivity contribution < 1.29 is 24.1 Å². The average Bonchev–Trinajstić information content (AvgIpc) is 2.93. The first-order valence-electron chi connectivity index (χ1n) is 10.3. The molecule has 4 nitrogen and oxygen atoms in total. The lowest BCUT2D eigenvalue weighted by molar-refractivity contribution is -0.134. The molecule has 0 amide bonds. The fourth-order valence-electron chi connectivity index (χ4n) is 3.60. The maximum absolute atomic E-state index is 14.4. The summed E-state index contributed by atoms with van der Waals surface area (Å²) in [6.07, 6.45) is 12.2. The molecule has 2 N–H and O–H groups in total. The van der Waals surface area contributed by atoms with Gasteiger partial charge in [0.15, 0.2) is 0 Å². The number of hydrogen-bond acceptors (Lipinski definition) is 4. The minimum atomic E-state index is -1.06. The molecule has 0 heterocycles. The molecule has 0 aromatic rings. The quantitative estimate of drug-likeness (QED) is 0.306. The first-order chi connectivity index (χ1) is 13.2. The summed E-state index contributed by atoms with van der Waals surface area (Å²) in [7, 11) is 1.32. The Kier molecular flexibility index (Phi) is 10.7. The minimum absolute atomic E-state index is 0.130. The molecule has 0 radical (unpaired) electrons. The van der Waals surface area contributed by atoms with Crippen molar-refractivity contribution >= 4 is 5.97 Å². The number of unbranched alkanes of at least 4 members (excludes halogenated alkanes) is 1. The topological polar surface area (TPSA) is 66.8 Å². The molecule has 1 aliphatic carbocycles. The van der Waals surface area contributed by atoms with E-state index in [2.05, 4.69) is 11.7 Å². The molecule has 0 aromatic heterocycles. The van der Waals surface area contributed by atoms with Gasteiger partial charge in [0.25, 0.3) is 0 Å². The first kappa shape index (κ1) is 24.6. The van der Waals surface area contributed by atoms with Crippen molar-refractivity contribution in [3.63, 3.8) is 0 Å². The predicted molar refractivity (Wildman–Crippen MR) is 110 cm³/mol. The van der Waals surface area contributed by atoms with Crippen LogP contribution < -0.4 is 0 Å². The summed E-state index contributed by atoms with van der Waals surface area (Å²) in [6.45, 7) is 6.18. The maximum Gasteiger partial charge on any atom is 0.330 e. The summed E-state index contributed by atoms with van der Waals surface area (Å²) in [5.74, 6) is -1.01. The lowest BCUT2D eigenvalue weighted by Crippen LogP contribution is -2.28. The number of hydrogen-bond donors (Lipinski definition) is 2. The number of carbonyl (C=O) groups excluding carboxylic acids is 1. The number of carbonyl (C=O) groups is 1. The molecule has 1 aliphatic rings. The van der Waals surface area contributed by atoms with Gasteiger partial charge in [-0.3, -0.25) is 0 Å². The van der Waals surface area contributed by atoms with Gasteiger partial charge in [-0.05, 0) is 24.7 Å². The Labute approximate surface area is 169 Å². The monoisotopic (exact) mass is 396 g/mol. The zero-order chi connectivity index (χ0) is 21.2. The van der Waals surface area contributed by atoms with E-state index in [4.69, 9.17) is 0 Å². The first-order valence-corrected chi connectivity index (χ1v) is 10.3. The number of alkyl halides is 1. The molecule has 28 heavy (non-hydrogen) atoms. The lowest BCUT2D eigenvalue weighted by atomic mass is 9.80. The molecule has 0 aliphatic heterocycles. The highest BCUT2D eigenvalue weighted by atomic mass is 19.1. The van der Waals surface area contributed by atoms with Crippen LogP contribution in [0.25, 0.3) is 0 Å². The van der Waals surface area contributed by atoms with Crippen LogP contribution in [0.5, 0.6) is 0 Å². The number of aliphatic hydroxyl groups excluding tert-OH is 2. The molecule has 5 atom stereocenters. The number of ether oxygens (including phenoxy) is 1. The molecule has 5 heteroatoms. The maximum atomic E-state index is 14.4. The van der Waals surface area contributed by atoms with Crippen LogP contribution >= 0.6 is 0 Å². The van der Waals surface area contributed by atoms with Gasteiger partial charge >= 0.3 is 5.97 Å². The third kappa shape index (κ3) is 7.88. The number of methoxy groups -OCH3 is 1. The van der Waals surface area contributed by atoms with Crippen LogP contribution in [0, 0.1) is 17.3 Å². The van der Waals surface area contributed by atoms with Gasteiger partial charge in [0, 0.05) is 24.3 Å². The van der Waals surface area contributed by atoms with Gasteiger partial charge in [-0.2, -0.15) is 0 Å². The van der Waals surface area contributed by atoms with Crippen molar-refractivity contribution in [2.75, 3.05) is 7.11 Å². The van der Waals surface area contributed by atoms with E-state index in [1.165, 1.54) is 13.2 Å². The molecule has 0 saturated heterocycles. The molecule has 0 aromatic carbocycles. The number of halogens is 1. The van der Waals surface area contributed by atoms with Gasteiger partial charge in [0.05, 0.1) is 19.3 Å². The van der Waals surface area contributed by atoms with Crippen LogP contribution in [0.2, 0.25) is 0 Å². The SMILES string of the molecule is CCCCC(C)(C)[C@H](O)/C=C/[C@@H]1[C@@H](C/C=C\C/C=C/C(=O)OC)[C@H](F)C[C@H]1O. The number of allylic oxidation sites excluding steroid dienone is 3. The Hall–Kier alpha value is -1.46. The normalized spacial score (nSPS) is 27.2. The lowest BCUT2D eigenvalue weighted by Gasteiger charge is -2.29. The molecule has 160 valence electrons. The number of aliphatic hydroxyl groups is 2. The molecule has 1 fully saturated rings. The van der Waals surface area contributed by atoms with E-state index < -0.39 is 24.3 Å². The van der Waals surface area contributed by atoms with Crippen LogP contribution in [0.15, 0.2) is 36.5 Å². The van der Waals surface area contributed by atoms with Crippen LogP contribution in [0.4, 0.5) is 4.39 Å². The fourth-order valence-corrected chi connectivity index (χ4v) is 3.60. The van der Waals surface area contributed by atoms with Crippen LogP contribution in [-0.4, -0.2) is 41.7 Å². The molecule has 0 bridgehead atoms. The molecule has 1 saturated carbocycles. The second-order valence-corrected chi connectivity index (χ2v) is 8.35. The van der Waals surface area contributed by atoms with E-state index in [1.54, 1.807) is 18.2 Å². The van der Waals surface area contributed by atoms with E-state index in [1.807, 2.05) is 26.0 Å². The summed E-state index contributed by atoms with van der Waals surface area (Å²) in [5, 5.41) is 20.8. The highest BCUT2D eigenvalue weighted by Gasteiger charge is 2.41. The zero-order valence-corrected chi connectivity index (χ0v) is 17.7. The summed E-state index contributed by atoms with van der Waals surface area (Å²) in [5.41, 5.74) is -0.243. The van der Waals surface area contributed by atoms with Gasteiger partial charge in [-0.25, -0.2) is 9.18 Å². The van der Waals surface area contributed by atoms with Crippen LogP contribution in [-0.2, 0) is 9.53 Å². The molecule has 0 spiro atoms. The number of esters is 1. The van der Waals surface area contributed by atoms with Crippen molar-refractivity contribution in [3.05, 3.63) is 36.5 Å². The highest BCUT2D eigenvalue weighted by Crippen LogP contribution is 2.39. The smallest absolute Gasteiger partial charge is 0.330 e. The van der Waals surface area contributed by atoms with Crippen molar-refractivity contribution in [1.82, 2.24) is 0 Å². The Morgan fingerprint density at radius 1 is 1.32 bits per heavy atom. The predicted octanol–water partition coefficient (Wildman–Crippen LogP) is 4.52. The van der Waals surface area contributed by atoms with Crippen molar-refractivity contribution in [3.8, 4) is 0 Å². The molecular formula is C23H37FO4. The Bertz CT molecular complexity index is 553. The molecular weight excluding hydrogens is 359 g/mol. The van der Waals surface area contributed by atoms with Crippen molar-refractivity contribution in [2.45, 2.75) is 77.7 Å². The Morgan fingerprint density at radius 2 is 2.04 bits per heavy atom. The van der Waals surface area contributed by atoms with Gasteiger partial charge in [0.2, 0.25) is 0 Å². The third-order valence-electron chi connectivity index (χ3n) is 5.66. The second kappa shape index (κ2) is 12.2. The van der Waals surface area contributed by atoms with E-state index in [-0.39, 0.29) is 23.7 Å². The molecule has 1 rings (SSSR count). The Morgan fingerprint density at radius 3 is 2.68 bits per heavy atom. The van der Waals surface area contributed by atoms with Gasteiger partial charge in [-0.15, -0.1) is 0 Å². The van der Waals surface area contributed by atoms with Crippen molar-refractivity contribution in [2.24, 2.45) is 17.3 Å². The highest BCUT2D eigenvalue weighted by molar-refractivity contribution is 5.81. The van der Waals surface area contributed by atoms with E-state index in [9.17, 15) is 19.4 Å². The standard InChI is InChI=1S/C23H37FO4/c1-5-6-15-23(2,3)21(26)14-13-18-17(19(24)16-20(18)25)11-9-7-8-10-12-22(27)28-4/h7,9-10,12-14,17-21,25-26H,5-6,8,11,15-16H2,1-4H3/b9-7-,12-10+,14-13+/t17-,18-,19-,20-,21-/m1/s1. The van der Waals surface area contributed by atoms with Gasteiger partial charge in [0.1, 0.15) is 6.17 Å². The largest absolute Gasteiger partial charge is 0.466 e. The summed E-state index contributed by atoms with van der Waals surface area (Å²) in [4.78, 5) is 11.0. The average molecular weight is 397 g/mol. The summed E-state index contributed by atoms with van der Waals surface area (Å²) in [6, 6.07) is 0. The van der Waals surface area contributed by atoms with Gasteiger partial charge < -0.3 is 14.9 Å². The Balaban J connectivity index is 2.65. The minimum Gasteiger partial charge on any atom is -0.466 e.